The SMILES string of the molecule is COC(=O)C[C@@H](C)[C@H]1CC[C@H]2C3=CC=C4C[C@@H](O)CC[C@]4(C)[C@H]3CC[C@]12C. The number of esters is 1. The van der Waals surface area contributed by atoms with Crippen molar-refractivity contribution >= 4 is 5.97 Å². The fourth-order valence-corrected chi connectivity index (χ4v) is 7.45. The van der Waals surface area contributed by atoms with Crippen LogP contribution in [0, 0.1) is 34.5 Å². The normalized spacial score (nSPS) is 44.3. The van der Waals surface area contributed by atoms with Crippen LogP contribution in [0.2, 0.25) is 0 Å². The molecule has 0 saturated heterocycles. The summed E-state index contributed by atoms with van der Waals surface area (Å²) in [7, 11) is 1.50. The topological polar surface area (TPSA) is 46.5 Å². The molecule has 27 heavy (non-hydrogen) atoms. The number of fused-ring (bicyclic) bond motifs is 5. The highest BCUT2D eigenvalue weighted by Gasteiger charge is 2.57. The van der Waals surface area contributed by atoms with E-state index in [1.807, 2.05) is 0 Å². The number of hydrogen-bond donors (Lipinski definition) is 1. The van der Waals surface area contributed by atoms with Gasteiger partial charge in [0, 0.05) is 6.42 Å². The fourth-order valence-electron chi connectivity index (χ4n) is 7.45. The molecule has 3 nitrogen and oxygen atoms in total. The third kappa shape index (κ3) is 2.92. The maximum absolute atomic E-state index is 11.8. The number of hydrogen-bond acceptors (Lipinski definition) is 3. The van der Waals surface area contributed by atoms with E-state index in [2.05, 4.69) is 32.9 Å². The van der Waals surface area contributed by atoms with Crippen molar-refractivity contribution in [2.75, 3.05) is 7.11 Å². The maximum atomic E-state index is 11.8. The summed E-state index contributed by atoms with van der Waals surface area (Å²) in [6, 6.07) is 0. The standard InChI is InChI=1S/C24H36O3/c1-15(13-22(26)27-4)19-7-8-20-18-6-5-16-14-17(25)9-11-23(16,2)21(18)10-12-24(19,20)3/h5-6,15,17,19-21,25H,7-14H2,1-4H3/t15-,17+,19-,20+,21+,23+,24-/m1/s1. The quantitative estimate of drug-likeness (QED) is 0.706. The van der Waals surface area contributed by atoms with Crippen molar-refractivity contribution < 1.29 is 14.6 Å². The first-order chi connectivity index (χ1) is 12.8. The summed E-state index contributed by atoms with van der Waals surface area (Å²) < 4.78 is 4.94. The fraction of sp³-hybridized carbons (Fsp3) is 0.792. The van der Waals surface area contributed by atoms with Crippen LogP contribution < -0.4 is 0 Å². The lowest BCUT2D eigenvalue weighted by molar-refractivity contribution is -0.142. The Morgan fingerprint density at radius 1 is 1.19 bits per heavy atom. The number of aliphatic hydroxyl groups excluding tert-OH is 1. The molecule has 3 heteroatoms. The van der Waals surface area contributed by atoms with Crippen LogP contribution in [-0.4, -0.2) is 24.3 Å². The summed E-state index contributed by atoms with van der Waals surface area (Å²) in [6.45, 7) is 7.20. The van der Waals surface area contributed by atoms with Gasteiger partial charge in [0.1, 0.15) is 0 Å². The van der Waals surface area contributed by atoms with E-state index in [0.29, 0.717) is 35.5 Å². The van der Waals surface area contributed by atoms with Crippen LogP contribution in [0.3, 0.4) is 0 Å². The number of ether oxygens (including phenoxy) is 1. The van der Waals surface area contributed by atoms with E-state index in [-0.39, 0.29) is 17.5 Å². The van der Waals surface area contributed by atoms with Crippen LogP contribution in [0.15, 0.2) is 23.3 Å². The van der Waals surface area contributed by atoms with E-state index in [4.69, 9.17) is 4.74 Å². The molecule has 0 aromatic carbocycles. The molecule has 150 valence electrons. The van der Waals surface area contributed by atoms with Gasteiger partial charge in [-0.05, 0) is 79.4 Å². The second-order valence-corrected chi connectivity index (χ2v) is 10.3. The molecule has 4 aliphatic rings. The highest BCUT2D eigenvalue weighted by atomic mass is 16.5. The third-order valence-corrected chi connectivity index (χ3v) is 9.02. The lowest BCUT2D eigenvalue weighted by atomic mass is 9.50. The molecule has 0 bridgehead atoms. The first-order valence-electron chi connectivity index (χ1n) is 11.0. The number of methoxy groups -OCH3 is 1. The van der Waals surface area contributed by atoms with Crippen LogP contribution in [0.1, 0.15) is 72.1 Å². The van der Waals surface area contributed by atoms with Gasteiger partial charge in [-0.3, -0.25) is 4.79 Å². The van der Waals surface area contributed by atoms with Gasteiger partial charge in [0.15, 0.2) is 0 Å². The Morgan fingerprint density at radius 3 is 2.70 bits per heavy atom. The van der Waals surface area contributed by atoms with Gasteiger partial charge in [0.2, 0.25) is 0 Å². The number of carbonyl (C=O) groups is 1. The highest BCUT2D eigenvalue weighted by molar-refractivity contribution is 5.69. The molecule has 0 aliphatic heterocycles. The molecular formula is C24H36O3. The monoisotopic (exact) mass is 372 g/mol. The van der Waals surface area contributed by atoms with E-state index in [1.165, 1.54) is 38.4 Å². The van der Waals surface area contributed by atoms with Crippen molar-refractivity contribution in [2.24, 2.45) is 34.5 Å². The zero-order valence-corrected chi connectivity index (χ0v) is 17.5. The molecule has 0 amide bonds. The van der Waals surface area contributed by atoms with Gasteiger partial charge < -0.3 is 9.84 Å². The lowest BCUT2D eigenvalue weighted by Gasteiger charge is -2.55. The summed E-state index contributed by atoms with van der Waals surface area (Å²) in [5, 5.41) is 10.1. The molecule has 3 fully saturated rings. The molecule has 7 atom stereocenters. The Bertz CT molecular complexity index is 677. The number of allylic oxidation sites excluding steroid dienone is 3. The molecule has 0 aromatic heterocycles. The number of aliphatic hydroxyl groups is 1. The largest absolute Gasteiger partial charge is 0.469 e. The molecule has 1 N–H and O–H groups in total. The minimum absolute atomic E-state index is 0.0685. The zero-order chi connectivity index (χ0) is 19.4. The number of carbonyl (C=O) groups excluding carboxylic acids is 1. The van der Waals surface area contributed by atoms with E-state index in [0.717, 1.165) is 19.3 Å². The molecule has 3 saturated carbocycles. The second kappa shape index (κ2) is 6.76. The van der Waals surface area contributed by atoms with Gasteiger partial charge in [-0.1, -0.05) is 44.1 Å². The Morgan fingerprint density at radius 2 is 1.96 bits per heavy atom. The van der Waals surface area contributed by atoms with Crippen molar-refractivity contribution in [3.8, 4) is 0 Å². The van der Waals surface area contributed by atoms with E-state index >= 15 is 0 Å². The smallest absolute Gasteiger partial charge is 0.305 e. The van der Waals surface area contributed by atoms with Gasteiger partial charge >= 0.3 is 5.97 Å². The summed E-state index contributed by atoms with van der Waals surface area (Å²) in [4.78, 5) is 11.8. The van der Waals surface area contributed by atoms with Crippen LogP contribution >= 0.6 is 0 Å². The minimum Gasteiger partial charge on any atom is -0.469 e. The zero-order valence-electron chi connectivity index (χ0n) is 17.5. The Hall–Kier alpha value is -1.09. The highest BCUT2D eigenvalue weighted by Crippen LogP contribution is 2.66. The summed E-state index contributed by atoms with van der Waals surface area (Å²) in [5.41, 5.74) is 3.72. The molecule has 0 radical (unpaired) electrons. The Balaban J connectivity index is 1.60. The summed E-state index contributed by atoms with van der Waals surface area (Å²) in [5.74, 6) is 2.23. The van der Waals surface area contributed by atoms with Gasteiger partial charge in [0.05, 0.1) is 13.2 Å². The Labute approximate surface area is 164 Å². The van der Waals surface area contributed by atoms with Crippen molar-refractivity contribution in [3.05, 3.63) is 23.3 Å². The van der Waals surface area contributed by atoms with Gasteiger partial charge in [-0.25, -0.2) is 0 Å². The number of rotatable bonds is 3. The van der Waals surface area contributed by atoms with Crippen LogP contribution in [0.4, 0.5) is 0 Å². The molecule has 0 spiro atoms. The van der Waals surface area contributed by atoms with E-state index in [9.17, 15) is 9.90 Å². The first-order valence-corrected chi connectivity index (χ1v) is 11.0. The van der Waals surface area contributed by atoms with Crippen molar-refractivity contribution in [2.45, 2.75) is 78.2 Å². The van der Waals surface area contributed by atoms with E-state index in [1.54, 1.807) is 5.57 Å². The van der Waals surface area contributed by atoms with Crippen LogP contribution in [0.25, 0.3) is 0 Å². The average molecular weight is 373 g/mol. The van der Waals surface area contributed by atoms with E-state index < -0.39 is 0 Å². The summed E-state index contributed by atoms with van der Waals surface area (Å²) in [6.07, 6.45) is 13.1. The minimum atomic E-state index is -0.150. The predicted molar refractivity (Wildman–Crippen MR) is 107 cm³/mol. The van der Waals surface area contributed by atoms with Gasteiger partial charge in [-0.15, -0.1) is 0 Å². The summed E-state index contributed by atoms with van der Waals surface area (Å²) >= 11 is 0. The first kappa shape index (κ1) is 19.2. The van der Waals surface area contributed by atoms with Crippen LogP contribution in [0.5, 0.6) is 0 Å². The average Bonchev–Trinajstić information content (AvgIpc) is 2.99. The third-order valence-electron chi connectivity index (χ3n) is 9.02. The molecule has 0 aromatic rings. The van der Waals surface area contributed by atoms with Gasteiger partial charge in [-0.2, -0.15) is 0 Å². The Kier molecular flexibility index (Phi) is 4.81. The molecule has 4 aliphatic carbocycles. The maximum Gasteiger partial charge on any atom is 0.305 e. The molecule has 4 rings (SSSR count). The van der Waals surface area contributed by atoms with Crippen molar-refractivity contribution in [3.63, 3.8) is 0 Å². The van der Waals surface area contributed by atoms with Crippen LogP contribution in [-0.2, 0) is 9.53 Å². The van der Waals surface area contributed by atoms with Crippen molar-refractivity contribution in [1.82, 2.24) is 0 Å². The molecular weight excluding hydrogens is 336 g/mol. The molecule has 0 heterocycles. The van der Waals surface area contributed by atoms with Gasteiger partial charge in [0.25, 0.3) is 0 Å². The molecule has 0 unspecified atom stereocenters. The van der Waals surface area contributed by atoms with Crippen molar-refractivity contribution in [1.29, 1.82) is 0 Å². The predicted octanol–water partition coefficient (Wildman–Crippen LogP) is 5.05. The lowest BCUT2D eigenvalue weighted by Crippen LogP contribution is -2.46. The second-order valence-electron chi connectivity index (χ2n) is 10.3.